The van der Waals surface area contributed by atoms with E-state index in [4.69, 9.17) is 4.74 Å². The van der Waals surface area contributed by atoms with Crippen LogP contribution in [0.25, 0.3) is 0 Å². The lowest BCUT2D eigenvalue weighted by Crippen LogP contribution is -2.15. The molecule has 0 radical (unpaired) electrons. The quantitative estimate of drug-likeness (QED) is 0.535. The fourth-order valence-electron chi connectivity index (χ4n) is 3.01. The lowest BCUT2D eigenvalue weighted by molar-refractivity contribution is 0.102. The van der Waals surface area contributed by atoms with Crippen molar-refractivity contribution < 1.29 is 17.9 Å². The van der Waals surface area contributed by atoms with E-state index in [1.165, 1.54) is 12.1 Å². The average molecular weight is 439 g/mol. The molecule has 0 aliphatic rings. The van der Waals surface area contributed by atoms with E-state index in [-0.39, 0.29) is 16.9 Å². The molecule has 0 aromatic heterocycles. The van der Waals surface area contributed by atoms with Crippen LogP contribution in [0.3, 0.4) is 0 Å². The van der Waals surface area contributed by atoms with E-state index >= 15 is 0 Å². The molecule has 6 nitrogen and oxygen atoms in total. The van der Waals surface area contributed by atoms with Gasteiger partial charge in [-0.25, -0.2) is 8.42 Å². The van der Waals surface area contributed by atoms with Crippen molar-refractivity contribution in [1.29, 1.82) is 0 Å². The van der Waals surface area contributed by atoms with Gasteiger partial charge >= 0.3 is 0 Å². The van der Waals surface area contributed by atoms with Crippen LogP contribution in [0.1, 0.15) is 35.3 Å². The van der Waals surface area contributed by atoms with Crippen molar-refractivity contribution in [2.75, 3.05) is 10.0 Å². The molecular weight excluding hydrogens is 412 g/mol. The second-order valence-corrected chi connectivity index (χ2v) is 9.28. The van der Waals surface area contributed by atoms with Crippen LogP contribution in [0.15, 0.2) is 71.6 Å². The number of ether oxygens (including phenoxy) is 1. The van der Waals surface area contributed by atoms with Gasteiger partial charge in [-0.15, -0.1) is 0 Å². The molecule has 0 saturated heterocycles. The molecule has 0 fully saturated rings. The van der Waals surface area contributed by atoms with Crippen molar-refractivity contribution >= 4 is 27.3 Å². The molecule has 3 aromatic carbocycles. The Morgan fingerprint density at radius 1 is 0.903 bits per heavy atom. The second-order valence-electron chi connectivity index (χ2n) is 7.59. The number of carbonyl (C=O) groups is 1. The third-order valence-corrected chi connectivity index (χ3v) is 5.92. The van der Waals surface area contributed by atoms with Gasteiger partial charge < -0.3 is 10.1 Å². The Balaban J connectivity index is 1.68. The summed E-state index contributed by atoms with van der Waals surface area (Å²) in [5, 5.41) is 2.77. The van der Waals surface area contributed by atoms with Crippen LogP contribution in [0.5, 0.6) is 5.75 Å². The molecule has 0 aliphatic heterocycles. The molecule has 0 unspecified atom stereocenters. The Kier molecular flexibility index (Phi) is 6.65. The van der Waals surface area contributed by atoms with Gasteiger partial charge in [0.05, 0.1) is 16.7 Å². The first-order valence-electron chi connectivity index (χ1n) is 9.92. The predicted octanol–water partition coefficient (Wildman–Crippen LogP) is 5.14. The molecule has 3 aromatic rings. The summed E-state index contributed by atoms with van der Waals surface area (Å²) in [5.74, 6) is 0.400. The lowest BCUT2D eigenvalue weighted by Gasteiger charge is -2.12. The van der Waals surface area contributed by atoms with Gasteiger partial charge in [0.15, 0.2) is 0 Å². The van der Waals surface area contributed by atoms with Gasteiger partial charge in [0, 0.05) is 11.3 Å². The monoisotopic (exact) mass is 438 g/mol. The highest BCUT2D eigenvalue weighted by molar-refractivity contribution is 7.92. The molecule has 0 spiro atoms. The molecule has 0 bridgehead atoms. The Bertz CT molecular complexity index is 1170. The van der Waals surface area contributed by atoms with Gasteiger partial charge in [-0.2, -0.15) is 0 Å². The highest BCUT2D eigenvalue weighted by Crippen LogP contribution is 2.22. The first-order chi connectivity index (χ1) is 14.6. The van der Waals surface area contributed by atoms with Crippen molar-refractivity contribution in [3.05, 3.63) is 83.4 Å². The second kappa shape index (κ2) is 9.22. The number of hydrogen-bond acceptors (Lipinski definition) is 4. The van der Waals surface area contributed by atoms with Crippen LogP contribution >= 0.6 is 0 Å². The Hall–Kier alpha value is -3.32. The van der Waals surface area contributed by atoms with E-state index in [1.54, 1.807) is 42.5 Å². The molecule has 0 atom stereocenters. The number of carbonyl (C=O) groups excluding carboxylic acids is 1. The first kappa shape index (κ1) is 22.4. The Morgan fingerprint density at radius 3 is 2.13 bits per heavy atom. The largest absolute Gasteiger partial charge is 0.491 e. The van der Waals surface area contributed by atoms with Crippen LogP contribution in [0, 0.1) is 13.8 Å². The van der Waals surface area contributed by atoms with Gasteiger partial charge in [0.1, 0.15) is 5.75 Å². The predicted molar refractivity (Wildman–Crippen MR) is 123 cm³/mol. The number of sulfonamides is 1. The number of anilines is 2. The van der Waals surface area contributed by atoms with Crippen molar-refractivity contribution in [2.45, 2.75) is 38.7 Å². The van der Waals surface area contributed by atoms with Gasteiger partial charge in [-0.3, -0.25) is 9.52 Å². The SMILES string of the molecule is Cc1ccc(NS(=O)(=O)c2ccc(NC(=O)c3ccc(OC(C)C)cc3)cc2)c(C)c1. The van der Waals surface area contributed by atoms with Gasteiger partial charge in [-0.1, -0.05) is 17.7 Å². The molecule has 31 heavy (non-hydrogen) atoms. The van der Waals surface area contributed by atoms with Crippen LogP contribution in [-0.2, 0) is 10.0 Å². The fourth-order valence-corrected chi connectivity index (χ4v) is 4.14. The van der Waals surface area contributed by atoms with Crippen LogP contribution < -0.4 is 14.8 Å². The summed E-state index contributed by atoms with van der Waals surface area (Å²) >= 11 is 0. The summed E-state index contributed by atoms with van der Waals surface area (Å²) in [5.41, 5.74) is 3.41. The third kappa shape index (κ3) is 5.86. The highest BCUT2D eigenvalue weighted by Gasteiger charge is 2.16. The zero-order chi connectivity index (χ0) is 22.6. The molecule has 7 heteroatoms. The van der Waals surface area contributed by atoms with E-state index in [0.717, 1.165) is 11.1 Å². The number of hydrogen-bond donors (Lipinski definition) is 2. The molecule has 1 amide bonds. The molecule has 0 aliphatic carbocycles. The van der Waals surface area contributed by atoms with E-state index in [1.807, 2.05) is 39.8 Å². The Labute approximate surface area is 183 Å². The smallest absolute Gasteiger partial charge is 0.261 e. The summed E-state index contributed by atoms with van der Waals surface area (Å²) in [7, 11) is -3.74. The summed E-state index contributed by atoms with van der Waals surface area (Å²) in [6.45, 7) is 7.67. The minimum Gasteiger partial charge on any atom is -0.491 e. The minimum atomic E-state index is -3.74. The third-order valence-electron chi connectivity index (χ3n) is 4.54. The maximum Gasteiger partial charge on any atom is 0.261 e. The van der Waals surface area contributed by atoms with E-state index in [2.05, 4.69) is 10.0 Å². The topological polar surface area (TPSA) is 84.5 Å². The van der Waals surface area contributed by atoms with E-state index < -0.39 is 10.0 Å². The van der Waals surface area contributed by atoms with Gasteiger partial charge in [-0.05, 0) is 87.9 Å². The molecule has 3 rings (SSSR count). The normalized spacial score (nSPS) is 11.3. The summed E-state index contributed by atoms with van der Waals surface area (Å²) in [6.07, 6.45) is 0.0545. The number of nitrogens with one attached hydrogen (secondary N) is 2. The summed E-state index contributed by atoms with van der Waals surface area (Å²) in [6, 6.07) is 18.4. The van der Waals surface area contributed by atoms with Gasteiger partial charge in [0.2, 0.25) is 0 Å². The fraction of sp³-hybridized carbons (Fsp3) is 0.208. The van der Waals surface area contributed by atoms with Crippen molar-refractivity contribution in [1.82, 2.24) is 0 Å². The molecular formula is C24H26N2O4S. The molecule has 0 heterocycles. The molecule has 162 valence electrons. The number of benzene rings is 3. The van der Waals surface area contributed by atoms with Crippen molar-refractivity contribution in [3.63, 3.8) is 0 Å². The highest BCUT2D eigenvalue weighted by atomic mass is 32.2. The first-order valence-corrected chi connectivity index (χ1v) is 11.4. The van der Waals surface area contributed by atoms with Crippen molar-refractivity contribution in [2.24, 2.45) is 0 Å². The average Bonchev–Trinajstić information content (AvgIpc) is 2.70. The van der Waals surface area contributed by atoms with Crippen molar-refractivity contribution in [3.8, 4) is 5.75 Å². The standard InChI is InChI=1S/C24H26N2O4S/c1-16(2)30-21-10-6-19(7-11-21)24(27)25-20-8-12-22(13-9-20)31(28,29)26-23-14-5-17(3)15-18(23)4/h5-16,26H,1-4H3,(H,25,27). The van der Waals surface area contributed by atoms with E-state index in [0.29, 0.717) is 22.7 Å². The number of amides is 1. The van der Waals surface area contributed by atoms with Gasteiger partial charge in [0.25, 0.3) is 15.9 Å². The van der Waals surface area contributed by atoms with Crippen LogP contribution in [0.2, 0.25) is 0 Å². The molecule has 0 saturated carbocycles. The zero-order valence-corrected chi connectivity index (χ0v) is 18.8. The maximum absolute atomic E-state index is 12.7. The number of aryl methyl sites for hydroxylation is 2. The minimum absolute atomic E-state index is 0.0545. The lowest BCUT2D eigenvalue weighted by atomic mass is 10.1. The zero-order valence-electron chi connectivity index (χ0n) is 18.0. The summed E-state index contributed by atoms with van der Waals surface area (Å²) < 4.78 is 33.6. The number of rotatable bonds is 7. The van der Waals surface area contributed by atoms with E-state index in [9.17, 15) is 13.2 Å². The van der Waals surface area contributed by atoms with Crippen LogP contribution in [-0.4, -0.2) is 20.4 Å². The molecule has 2 N–H and O–H groups in total. The Morgan fingerprint density at radius 2 is 1.55 bits per heavy atom. The summed E-state index contributed by atoms with van der Waals surface area (Å²) in [4.78, 5) is 12.6. The maximum atomic E-state index is 12.7. The van der Waals surface area contributed by atoms with Crippen LogP contribution in [0.4, 0.5) is 11.4 Å².